The number of hydrogen-bond donors (Lipinski definition) is 0. The molecule has 2 aliphatic rings. The summed E-state index contributed by atoms with van der Waals surface area (Å²) in [6.07, 6.45) is 5.19. The smallest absolute Gasteiger partial charge is 0.309 e. The number of ether oxygens (including phenoxy) is 1. The lowest BCUT2D eigenvalue weighted by Gasteiger charge is -2.31. The second-order valence-corrected chi connectivity index (χ2v) is 7.18. The predicted octanol–water partition coefficient (Wildman–Crippen LogP) is 1.97. The van der Waals surface area contributed by atoms with Gasteiger partial charge in [-0.15, -0.1) is 0 Å². The van der Waals surface area contributed by atoms with Gasteiger partial charge in [-0.05, 0) is 44.5 Å². The van der Waals surface area contributed by atoms with Crippen LogP contribution in [0.5, 0.6) is 0 Å². The van der Waals surface area contributed by atoms with Crippen molar-refractivity contribution in [2.45, 2.75) is 26.7 Å². The number of nitrogens with zero attached hydrogens (tertiary/aromatic N) is 4. The van der Waals surface area contributed by atoms with E-state index < -0.39 is 0 Å². The first-order chi connectivity index (χ1) is 12.0. The molecule has 0 bridgehead atoms. The molecule has 0 N–H and O–H groups in total. The van der Waals surface area contributed by atoms with Crippen LogP contribution < -0.4 is 0 Å². The van der Waals surface area contributed by atoms with Crippen LogP contribution in [0.1, 0.15) is 31.0 Å². The summed E-state index contributed by atoms with van der Waals surface area (Å²) in [6.45, 7) is 5.57. The maximum Gasteiger partial charge on any atom is 0.309 e. The molecule has 1 fully saturated rings. The average molecular weight is 362 g/mol. The van der Waals surface area contributed by atoms with Crippen LogP contribution in [0, 0.1) is 12.8 Å². The topological polar surface area (TPSA) is 76.8 Å². The minimum Gasteiger partial charge on any atom is -0.466 e. The fourth-order valence-electron chi connectivity index (χ4n) is 3.00. The van der Waals surface area contributed by atoms with E-state index in [1.54, 1.807) is 4.68 Å². The fraction of sp³-hybridized carbons (Fsp3) is 0.529. The number of carbonyl (C=O) groups is 2. The molecule has 0 aliphatic carbocycles. The van der Waals surface area contributed by atoms with Crippen LogP contribution >= 0.6 is 11.8 Å². The molecule has 1 aromatic rings. The van der Waals surface area contributed by atoms with Gasteiger partial charge in [-0.25, -0.2) is 0 Å². The van der Waals surface area contributed by atoms with Crippen LogP contribution in [0.3, 0.4) is 0 Å². The summed E-state index contributed by atoms with van der Waals surface area (Å²) >= 11 is 1.39. The Kier molecular flexibility index (Phi) is 5.27. The molecule has 0 saturated carbocycles. The molecule has 0 radical (unpaired) electrons. The minimum absolute atomic E-state index is 0.0491. The zero-order valence-corrected chi connectivity index (χ0v) is 15.5. The Hall–Kier alpha value is -2.09. The van der Waals surface area contributed by atoms with E-state index in [1.807, 2.05) is 33.2 Å². The number of hydrogen-bond acceptors (Lipinski definition) is 6. The second kappa shape index (κ2) is 7.43. The van der Waals surface area contributed by atoms with E-state index in [9.17, 15) is 9.59 Å². The zero-order chi connectivity index (χ0) is 18.0. The van der Waals surface area contributed by atoms with Crippen molar-refractivity contribution in [3.05, 3.63) is 22.4 Å². The summed E-state index contributed by atoms with van der Waals surface area (Å²) in [7, 11) is 1.86. The molecule has 0 atom stereocenters. The van der Waals surface area contributed by atoms with Gasteiger partial charge in [0.05, 0.1) is 23.1 Å². The van der Waals surface area contributed by atoms with Crippen LogP contribution in [-0.2, 0) is 21.4 Å². The minimum atomic E-state index is -0.212. The average Bonchev–Trinajstić information content (AvgIpc) is 3.10. The Labute approximate surface area is 151 Å². The molecule has 0 spiro atoms. The number of amidine groups is 1. The van der Waals surface area contributed by atoms with Gasteiger partial charge < -0.3 is 9.64 Å². The molecule has 1 saturated heterocycles. The molecule has 0 unspecified atom stereocenters. The third-order valence-electron chi connectivity index (χ3n) is 4.33. The van der Waals surface area contributed by atoms with Gasteiger partial charge in [-0.3, -0.25) is 14.3 Å². The van der Waals surface area contributed by atoms with Crippen LogP contribution in [-0.4, -0.2) is 51.4 Å². The predicted molar refractivity (Wildman–Crippen MR) is 96.9 cm³/mol. The molecule has 7 nitrogen and oxygen atoms in total. The van der Waals surface area contributed by atoms with Crippen molar-refractivity contribution in [2.75, 3.05) is 19.7 Å². The van der Waals surface area contributed by atoms with Crippen molar-refractivity contribution in [3.63, 3.8) is 0 Å². The van der Waals surface area contributed by atoms with Gasteiger partial charge in [0.1, 0.15) is 0 Å². The van der Waals surface area contributed by atoms with Gasteiger partial charge in [0.25, 0.3) is 5.91 Å². The first-order valence-electron chi connectivity index (χ1n) is 8.42. The van der Waals surface area contributed by atoms with Crippen molar-refractivity contribution in [2.24, 2.45) is 18.0 Å². The summed E-state index contributed by atoms with van der Waals surface area (Å²) in [5.41, 5.74) is 1.81. The van der Waals surface area contributed by atoms with Crippen molar-refractivity contribution in [1.29, 1.82) is 0 Å². The lowest BCUT2D eigenvalue weighted by Crippen LogP contribution is -2.39. The number of likely N-dealkylation sites (tertiary alicyclic amines) is 1. The molecule has 3 heterocycles. The number of piperidine rings is 1. The number of aromatic nitrogens is 2. The Bertz CT molecular complexity index is 745. The molecule has 1 amide bonds. The zero-order valence-electron chi connectivity index (χ0n) is 14.7. The maximum atomic E-state index is 12.2. The second-order valence-electron chi connectivity index (χ2n) is 6.17. The molecule has 2 aliphatic heterocycles. The molecule has 134 valence electrons. The molecule has 0 aromatic carbocycles. The van der Waals surface area contributed by atoms with Crippen LogP contribution in [0.25, 0.3) is 6.08 Å². The van der Waals surface area contributed by atoms with Crippen molar-refractivity contribution < 1.29 is 14.3 Å². The fourth-order valence-corrected chi connectivity index (χ4v) is 3.96. The third kappa shape index (κ3) is 3.95. The van der Waals surface area contributed by atoms with Gasteiger partial charge in [-0.1, -0.05) is 0 Å². The number of carbonyl (C=O) groups excluding carboxylic acids is 2. The molecular formula is C17H22N4O3S. The summed E-state index contributed by atoms with van der Waals surface area (Å²) in [5.74, 6) is -0.380. The van der Waals surface area contributed by atoms with Gasteiger partial charge in [0.15, 0.2) is 5.17 Å². The quantitative estimate of drug-likeness (QED) is 0.604. The SMILES string of the molecule is CCOC(=O)C1CCN(C2=NC(=O)/C(=C/c3cn(C)nc3C)S2)CC1. The monoisotopic (exact) mass is 362 g/mol. The first kappa shape index (κ1) is 17.7. The van der Waals surface area contributed by atoms with E-state index in [2.05, 4.69) is 15.0 Å². The highest BCUT2D eigenvalue weighted by molar-refractivity contribution is 8.18. The van der Waals surface area contributed by atoms with Crippen LogP contribution in [0.2, 0.25) is 0 Å². The van der Waals surface area contributed by atoms with Crippen molar-refractivity contribution in [1.82, 2.24) is 14.7 Å². The Morgan fingerprint density at radius 3 is 2.76 bits per heavy atom. The van der Waals surface area contributed by atoms with Gasteiger partial charge in [0, 0.05) is 31.9 Å². The van der Waals surface area contributed by atoms with Crippen molar-refractivity contribution >= 4 is 34.9 Å². The Morgan fingerprint density at radius 1 is 1.44 bits per heavy atom. The molecule has 8 heteroatoms. The first-order valence-corrected chi connectivity index (χ1v) is 9.24. The van der Waals surface area contributed by atoms with Gasteiger partial charge in [0.2, 0.25) is 0 Å². The van der Waals surface area contributed by atoms with Crippen LogP contribution in [0.4, 0.5) is 0 Å². The summed E-state index contributed by atoms with van der Waals surface area (Å²) in [6, 6.07) is 0. The molecule has 25 heavy (non-hydrogen) atoms. The Balaban J connectivity index is 1.62. The normalized spacial score (nSPS) is 20.3. The highest BCUT2D eigenvalue weighted by Gasteiger charge is 2.31. The van der Waals surface area contributed by atoms with E-state index in [0.717, 1.165) is 29.3 Å². The highest BCUT2D eigenvalue weighted by atomic mass is 32.2. The number of aliphatic imine (C=N–C) groups is 1. The van der Waals surface area contributed by atoms with Gasteiger partial charge in [-0.2, -0.15) is 10.1 Å². The van der Waals surface area contributed by atoms with Gasteiger partial charge >= 0.3 is 5.97 Å². The molecule has 3 rings (SSSR count). The molecule has 1 aromatic heterocycles. The van der Waals surface area contributed by atoms with E-state index in [-0.39, 0.29) is 17.8 Å². The Morgan fingerprint density at radius 2 is 2.16 bits per heavy atom. The van der Waals surface area contributed by atoms with E-state index in [0.29, 0.717) is 24.6 Å². The summed E-state index contributed by atoms with van der Waals surface area (Å²) in [4.78, 5) is 30.9. The highest BCUT2D eigenvalue weighted by Crippen LogP contribution is 2.32. The number of esters is 1. The van der Waals surface area contributed by atoms with Crippen LogP contribution in [0.15, 0.2) is 16.1 Å². The van der Waals surface area contributed by atoms with E-state index >= 15 is 0 Å². The maximum absolute atomic E-state index is 12.2. The van der Waals surface area contributed by atoms with E-state index in [1.165, 1.54) is 11.8 Å². The van der Waals surface area contributed by atoms with E-state index in [4.69, 9.17) is 4.74 Å². The lowest BCUT2D eigenvalue weighted by molar-refractivity contribution is -0.149. The largest absolute Gasteiger partial charge is 0.466 e. The third-order valence-corrected chi connectivity index (χ3v) is 5.38. The van der Waals surface area contributed by atoms with Crippen molar-refractivity contribution in [3.8, 4) is 0 Å². The standard InChI is InChI=1S/C17H22N4O3S/c1-4-24-16(23)12-5-7-21(8-6-12)17-18-15(22)14(25-17)9-13-10-20(3)19-11(13)2/h9-10,12H,4-8H2,1-3H3/b14-9-. The lowest BCUT2D eigenvalue weighted by atomic mass is 9.97. The summed E-state index contributed by atoms with van der Waals surface area (Å²) < 4.78 is 6.82. The number of aryl methyl sites for hydroxylation is 2. The number of amides is 1. The number of rotatable bonds is 3. The summed E-state index contributed by atoms with van der Waals surface area (Å²) in [5, 5.41) is 5.01. The molecular weight excluding hydrogens is 340 g/mol. The number of thioether (sulfide) groups is 1.